The van der Waals surface area contributed by atoms with E-state index in [-0.39, 0.29) is 43.3 Å². The van der Waals surface area contributed by atoms with Crippen molar-refractivity contribution in [2.75, 3.05) is 27.0 Å². The zero-order chi connectivity index (χ0) is 24.6. The second-order valence-electron chi connectivity index (χ2n) is 8.69. The van der Waals surface area contributed by atoms with Crippen LogP contribution in [0.25, 0.3) is 0 Å². The summed E-state index contributed by atoms with van der Waals surface area (Å²) < 4.78 is 15.8. The molecule has 2 heterocycles. The smallest absolute Gasteiger partial charge is 0.231 e. The number of nitrogens with one attached hydrogen (secondary N) is 2. The van der Waals surface area contributed by atoms with Crippen LogP contribution in [0.3, 0.4) is 0 Å². The first kappa shape index (κ1) is 24.4. The van der Waals surface area contributed by atoms with Gasteiger partial charge in [-0.2, -0.15) is 0 Å². The molecule has 2 aromatic carbocycles. The minimum Gasteiger partial charge on any atom is -0.497 e. The Hall–Kier alpha value is -3.75. The molecule has 0 radical (unpaired) electrons. The second-order valence-corrected chi connectivity index (χ2v) is 8.69. The summed E-state index contributed by atoms with van der Waals surface area (Å²) >= 11 is 0. The number of amides is 3. The summed E-state index contributed by atoms with van der Waals surface area (Å²) in [5, 5.41) is 5.82. The fourth-order valence-electron chi connectivity index (χ4n) is 4.19. The van der Waals surface area contributed by atoms with E-state index in [2.05, 4.69) is 10.6 Å². The molecular formula is C26H31N3O6. The molecule has 2 aliphatic rings. The fourth-order valence-corrected chi connectivity index (χ4v) is 4.19. The topological polar surface area (TPSA) is 106 Å². The van der Waals surface area contributed by atoms with E-state index in [1.54, 1.807) is 12.0 Å². The van der Waals surface area contributed by atoms with Gasteiger partial charge in [-0.1, -0.05) is 18.2 Å². The average molecular weight is 482 g/mol. The van der Waals surface area contributed by atoms with Crippen LogP contribution in [0.2, 0.25) is 0 Å². The number of likely N-dealkylation sites (tertiary alicyclic amines) is 1. The highest BCUT2D eigenvalue weighted by Gasteiger charge is 2.27. The SMILES string of the molecule is COc1ccc(CNC(=O)CCC(=O)N2CCC(C(=O)NCc3ccc4c(c3)OCO4)CC2)cc1. The van der Waals surface area contributed by atoms with Crippen molar-refractivity contribution >= 4 is 17.7 Å². The molecule has 2 N–H and O–H groups in total. The Kier molecular flexibility index (Phi) is 8.07. The molecule has 0 saturated carbocycles. The van der Waals surface area contributed by atoms with Gasteiger partial charge >= 0.3 is 0 Å². The first-order valence-electron chi connectivity index (χ1n) is 11.9. The Balaban J connectivity index is 1.12. The molecule has 0 aromatic heterocycles. The summed E-state index contributed by atoms with van der Waals surface area (Å²) in [7, 11) is 1.60. The maximum absolute atomic E-state index is 12.6. The third-order valence-corrected chi connectivity index (χ3v) is 6.34. The summed E-state index contributed by atoms with van der Waals surface area (Å²) in [5.74, 6) is 1.82. The third-order valence-electron chi connectivity index (χ3n) is 6.34. The summed E-state index contributed by atoms with van der Waals surface area (Å²) in [6.07, 6.45) is 1.53. The highest BCUT2D eigenvalue weighted by atomic mass is 16.7. The second kappa shape index (κ2) is 11.6. The van der Waals surface area contributed by atoms with E-state index >= 15 is 0 Å². The molecule has 1 saturated heterocycles. The van der Waals surface area contributed by atoms with Crippen molar-refractivity contribution in [1.29, 1.82) is 0 Å². The van der Waals surface area contributed by atoms with Crippen LogP contribution in [-0.2, 0) is 27.5 Å². The quantitative estimate of drug-likeness (QED) is 0.570. The third kappa shape index (κ3) is 6.65. The van der Waals surface area contributed by atoms with Crippen molar-refractivity contribution in [3.63, 3.8) is 0 Å². The molecule has 1 fully saturated rings. The van der Waals surface area contributed by atoms with Crippen LogP contribution >= 0.6 is 0 Å². The van der Waals surface area contributed by atoms with Crippen LogP contribution in [0.1, 0.15) is 36.8 Å². The van der Waals surface area contributed by atoms with Gasteiger partial charge in [0, 0.05) is 44.9 Å². The molecule has 3 amide bonds. The van der Waals surface area contributed by atoms with Crippen LogP contribution in [0.5, 0.6) is 17.2 Å². The number of benzene rings is 2. The highest BCUT2D eigenvalue weighted by molar-refractivity contribution is 5.84. The highest BCUT2D eigenvalue weighted by Crippen LogP contribution is 2.32. The van der Waals surface area contributed by atoms with E-state index in [0.29, 0.717) is 50.5 Å². The molecule has 2 aliphatic heterocycles. The molecule has 0 atom stereocenters. The van der Waals surface area contributed by atoms with Crippen LogP contribution in [0, 0.1) is 5.92 Å². The Morgan fingerprint density at radius 2 is 1.60 bits per heavy atom. The molecule has 0 aliphatic carbocycles. The number of carbonyl (C=O) groups excluding carboxylic acids is 3. The predicted molar refractivity (Wildman–Crippen MR) is 128 cm³/mol. The number of rotatable bonds is 9. The normalized spacial score (nSPS) is 14.9. The first-order chi connectivity index (χ1) is 17.0. The van der Waals surface area contributed by atoms with Crippen molar-refractivity contribution in [2.45, 2.75) is 38.8 Å². The zero-order valence-corrected chi connectivity index (χ0v) is 19.9. The van der Waals surface area contributed by atoms with Crippen molar-refractivity contribution < 1.29 is 28.6 Å². The van der Waals surface area contributed by atoms with Gasteiger partial charge in [0.05, 0.1) is 7.11 Å². The number of piperidine rings is 1. The summed E-state index contributed by atoms with van der Waals surface area (Å²) in [5.41, 5.74) is 1.91. The van der Waals surface area contributed by atoms with Gasteiger partial charge in [0.15, 0.2) is 11.5 Å². The number of carbonyl (C=O) groups is 3. The minimum atomic E-state index is -0.160. The van der Waals surface area contributed by atoms with Crippen molar-refractivity contribution in [1.82, 2.24) is 15.5 Å². The van der Waals surface area contributed by atoms with Crippen LogP contribution in [-0.4, -0.2) is 49.6 Å². The zero-order valence-electron chi connectivity index (χ0n) is 19.9. The van der Waals surface area contributed by atoms with Crippen molar-refractivity contribution in [2.24, 2.45) is 5.92 Å². The first-order valence-corrected chi connectivity index (χ1v) is 11.9. The van der Waals surface area contributed by atoms with Gasteiger partial charge in [0.2, 0.25) is 24.5 Å². The molecule has 35 heavy (non-hydrogen) atoms. The largest absolute Gasteiger partial charge is 0.497 e. The number of hydrogen-bond donors (Lipinski definition) is 2. The monoisotopic (exact) mass is 481 g/mol. The number of nitrogens with zero attached hydrogens (tertiary/aromatic N) is 1. The van der Waals surface area contributed by atoms with Crippen LogP contribution in [0.4, 0.5) is 0 Å². The molecular weight excluding hydrogens is 450 g/mol. The number of methoxy groups -OCH3 is 1. The summed E-state index contributed by atoms with van der Waals surface area (Å²) in [6.45, 7) is 2.09. The molecule has 2 aromatic rings. The molecule has 0 unspecified atom stereocenters. The Morgan fingerprint density at radius 1 is 0.914 bits per heavy atom. The molecule has 0 spiro atoms. The summed E-state index contributed by atoms with van der Waals surface area (Å²) in [4.78, 5) is 39.0. The standard InChI is InChI=1S/C26H31N3O6/c1-33-21-5-2-18(3-6-21)15-27-24(30)8-9-25(31)29-12-10-20(11-13-29)26(32)28-16-19-4-7-22-23(14-19)35-17-34-22/h2-7,14,20H,8-13,15-17H2,1H3,(H,27,30)(H,28,32). The average Bonchev–Trinajstić information content (AvgIpc) is 3.37. The number of hydrogen-bond acceptors (Lipinski definition) is 6. The van der Waals surface area contributed by atoms with E-state index in [1.807, 2.05) is 42.5 Å². The van der Waals surface area contributed by atoms with Gasteiger partial charge < -0.3 is 29.7 Å². The van der Waals surface area contributed by atoms with Crippen molar-refractivity contribution in [3.05, 3.63) is 53.6 Å². The Labute approximate surface area is 204 Å². The van der Waals surface area contributed by atoms with Crippen LogP contribution in [0.15, 0.2) is 42.5 Å². The maximum Gasteiger partial charge on any atom is 0.231 e. The Bertz CT molecular complexity index is 1050. The van der Waals surface area contributed by atoms with E-state index in [4.69, 9.17) is 14.2 Å². The lowest BCUT2D eigenvalue weighted by molar-refractivity contribution is -0.136. The molecule has 9 nitrogen and oxygen atoms in total. The van der Waals surface area contributed by atoms with E-state index in [9.17, 15) is 14.4 Å². The van der Waals surface area contributed by atoms with Crippen LogP contribution < -0.4 is 24.8 Å². The summed E-state index contributed by atoms with van der Waals surface area (Å²) in [6, 6.07) is 13.1. The van der Waals surface area contributed by atoms with Crippen molar-refractivity contribution in [3.8, 4) is 17.2 Å². The number of fused-ring (bicyclic) bond motifs is 1. The predicted octanol–water partition coefficient (Wildman–Crippen LogP) is 2.38. The minimum absolute atomic E-state index is 0.00678. The van der Waals surface area contributed by atoms with E-state index < -0.39 is 0 Å². The molecule has 186 valence electrons. The van der Waals surface area contributed by atoms with Gasteiger partial charge in [-0.3, -0.25) is 14.4 Å². The van der Waals surface area contributed by atoms with Gasteiger partial charge in [0.25, 0.3) is 0 Å². The lowest BCUT2D eigenvalue weighted by atomic mass is 9.95. The fraction of sp³-hybridized carbons (Fsp3) is 0.423. The van der Waals surface area contributed by atoms with Gasteiger partial charge in [-0.25, -0.2) is 0 Å². The van der Waals surface area contributed by atoms with Gasteiger partial charge in [-0.15, -0.1) is 0 Å². The van der Waals surface area contributed by atoms with E-state index in [1.165, 1.54) is 0 Å². The lowest BCUT2D eigenvalue weighted by Gasteiger charge is -2.31. The van der Waals surface area contributed by atoms with Gasteiger partial charge in [0.1, 0.15) is 5.75 Å². The number of ether oxygens (including phenoxy) is 3. The molecule has 4 rings (SSSR count). The van der Waals surface area contributed by atoms with Gasteiger partial charge in [-0.05, 0) is 48.2 Å². The maximum atomic E-state index is 12.6. The lowest BCUT2D eigenvalue weighted by Crippen LogP contribution is -2.43. The Morgan fingerprint density at radius 3 is 2.34 bits per heavy atom. The molecule has 9 heteroatoms. The molecule has 0 bridgehead atoms. The van der Waals surface area contributed by atoms with E-state index in [0.717, 1.165) is 16.9 Å².